The number of benzene rings is 4. The van der Waals surface area contributed by atoms with Gasteiger partial charge in [-0.3, -0.25) is 29.6 Å². The number of aromatic nitrogens is 4. The van der Waals surface area contributed by atoms with Crippen LogP contribution in [-0.2, 0) is 14.1 Å². The summed E-state index contributed by atoms with van der Waals surface area (Å²) >= 11 is 2.11. The van der Waals surface area contributed by atoms with Crippen LogP contribution in [0.1, 0.15) is 16.8 Å². The van der Waals surface area contributed by atoms with E-state index in [-0.39, 0.29) is 11.4 Å². The van der Waals surface area contributed by atoms with E-state index in [2.05, 4.69) is 32.8 Å². The highest BCUT2D eigenvalue weighted by Crippen LogP contribution is 2.25. The van der Waals surface area contributed by atoms with E-state index in [9.17, 15) is 20.2 Å². The van der Waals surface area contributed by atoms with Crippen LogP contribution in [0.25, 0.3) is 40.0 Å². The summed E-state index contributed by atoms with van der Waals surface area (Å²) in [6.45, 7) is 0. The first-order valence-electron chi connectivity index (χ1n) is 13.7. The number of nitro benzene ring substituents is 2. The Kier molecular flexibility index (Phi) is 11.5. The van der Waals surface area contributed by atoms with Gasteiger partial charge in [0.15, 0.2) is 0 Å². The summed E-state index contributed by atoms with van der Waals surface area (Å²) in [7, 11) is 2.19. The number of halogens is 1. The number of hydrogen-bond acceptors (Lipinski definition) is 8. The lowest BCUT2D eigenvalue weighted by atomic mass is 9.91. The van der Waals surface area contributed by atoms with Gasteiger partial charge in [0.25, 0.3) is 11.4 Å². The first-order chi connectivity index (χ1) is 22.0. The number of non-ortho nitro benzene ring substituents is 2. The van der Waals surface area contributed by atoms with Gasteiger partial charge in [-0.2, -0.15) is 10.2 Å². The molecule has 0 bridgehead atoms. The van der Waals surface area contributed by atoms with Crippen molar-refractivity contribution in [1.29, 1.82) is 0 Å². The van der Waals surface area contributed by atoms with Crippen molar-refractivity contribution in [2.75, 3.05) is 0 Å². The largest absolute Gasteiger partial charge is 0.480 e. The van der Waals surface area contributed by atoms with Crippen molar-refractivity contribution in [2.24, 2.45) is 14.1 Å². The van der Waals surface area contributed by atoms with Crippen LogP contribution in [0.2, 0.25) is 0 Å². The highest BCUT2D eigenvalue weighted by Gasteiger charge is 2.13. The molecule has 0 saturated heterocycles. The first-order valence-corrected chi connectivity index (χ1v) is 14.8. The Morgan fingerprint density at radius 2 is 1.17 bits per heavy atom. The molecule has 46 heavy (non-hydrogen) atoms. The van der Waals surface area contributed by atoms with Crippen LogP contribution in [0, 0.1) is 23.9 Å². The Balaban J connectivity index is 0.000000167. The standard InChI is InChI=1S/C16H13N3O2.C8H9BO2.C8H6IN3O2/c1-18-16-11-13(19(20)21)8-9-14(16)15(17-18)10-7-12-5-3-2-4-6-12;10-9(11)7-6-8-4-2-1-3-5-8;1-11-7-4-5(12(13)14)2-3-6(7)8(9)10-11/h2-11H,1H3;1-7,10-11H;2-4H,1H3/b10-7+;7-6+;. The molecular formula is C32H28BIN6O6. The highest BCUT2D eigenvalue weighted by molar-refractivity contribution is 14.1. The van der Waals surface area contributed by atoms with Gasteiger partial charge in [-0.25, -0.2) is 0 Å². The first kappa shape index (κ1) is 33.7. The molecule has 6 rings (SSSR count). The minimum atomic E-state index is -1.37. The summed E-state index contributed by atoms with van der Waals surface area (Å²) in [5.41, 5.74) is 4.53. The fourth-order valence-corrected chi connectivity index (χ4v) is 5.11. The van der Waals surface area contributed by atoms with Crippen molar-refractivity contribution < 1.29 is 19.9 Å². The van der Waals surface area contributed by atoms with E-state index < -0.39 is 17.0 Å². The van der Waals surface area contributed by atoms with Crippen molar-refractivity contribution in [3.63, 3.8) is 0 Å². The van der Waals surface area contributed by atoms with Crippen molar-refractivity contribution >= 4 is 81.1 Å². The predicted octanol–water partition coefficient (Wildman–Crippen LogP) is 6.45. The zero-order chi connectivity index (χ0) is 33.2. The normalized spacial score (nSPS) is 10.9. The van der Waals surface area contributed by atoms with Crippen molar-refractivity contribution in [2.45, 2.75) is 0 Å². The molecule has 0 saturated carbocycles. The molecule has 4 aromatic carbocycles. The summed E-state index contributed by atoms with van der Waals surface area (Å²) in [4.78, 5) is 20.6. The van der Waals surface area contributed by atoms with Gasteiger partial charge in [-0.05, 0) is 51.9 Å². The average Bonchev–Trinajstić information content (AvgIpc) is 3.53. The molecule has 0 spiro atoms. The lowest BCUT2D eigenvalue weighted by molar-refractivity contribution is -0.384. The molecule has 2 aromatic heterocycles. The van der Waals surface area contributed by atoms with Crippen LogP contribution < -0.4 is 0 Å². The van der Waals surface area contributed by atoms with Crippen LogP contribution >= 0.6 is 22.6 Å². The van der Waals surface area contributed by atoms with E-state index in [4.69, 9.17) is 10.0 Å². The van der Waals surface area contributed by atoms with E-state index in [1.165, 1.54) is 24.2 Å². The molecule has 0 fully saturated rings. The van der Waals surface area contributed by atoms with Gasteiger partial charge in [-0.1, -0.05) is 78.8 Å². The highest BCUT2D eigenvalue weighted by atomic mass is 127. The fourth-order valence-electron chi connectivity index (χ4n) is 4.33. The second-order valence-electron chi connectivity index (χ2n) is 9.77. The van der Waals surface area contributed by atoms with Crippen LogP contribution in [0.3, 0.4) is 0 Å². The average molecular weight is 730 g/mol. The van der Waals surface area contributed by atoms with Gasteiger partial charge in [0.1, 0.15) is 3.70 Å². The van der Waals surface area contributed by atoms with Crippen molar-refractivity contribution in [3.05, 3.63) is 144 Å². The molecule has 0 unspecified atom stereocenters. The number of nitrogens with zero attached hydrogens (tertiary/aromatic N) is 6. The molecule has 2 heterocycles. The zero-order valence-corrected chi connectivity index (χ0v) is 26.9. The lowest BCUT2D eigenvalue weighted by Gasteiger charge is -1.94. The summed E-state index contributed by atoms with van der Waals surface area (Å²) in [6.07, 6.45) is 5.55. The van der Waals surface area contributed by atoms with E-state index in [0.29, 0.717) is 0 Å². The third-order valence-corrected chi connectivity index (χ3v) is 7.37. The maximum Gasteiger partial charge on any atom is 0.480 e. The Morgan fingerprint density at radius 1 is 0.696 bits per heavy atom. The Labute approximate surface area is 277 Å². The number of nitro groups is 2. The van der Waals surface area contributed by atoms with Crippen molar-refractivity contribution in [3.8, 4) is 0 Å². The maximum absolute atomic E-state index is 10.8. The van der Waals surface area contributed by atoms with E-state index in [0.717, 1.165) is 42.3 Å². The molecule has 0 radical (unpaired) electrons. The van der Waals surface area contributed by atoms with Gasteiger partial charge in [0, 0.05) is 49.1 Å². The molecule has 0 atom stereocenters. The molecule has 0 aliphatic carbocycles. The van der Waals surface area contributed by atoms with Crippen molar-refractivity contribution in [1.82, 2.24) is 19.6 Å². The van der Waals surface area contributed by atoms with Crippen LogP contribution in [-0.4, -0.2) is 46.6 Å². The van der Waals surface area contributed by atoms with E-state index in [1.807, 2.05) is 72.8 Å². The monoisotopic (exact) mass is 730 g/mol. The molecule has 14 heteroatoms. The molecular weight excluding hydrogens is 702 g/mol. The lowest BCUT2D eigenvalue weighted by Crippen LogP contribution is -2.05. The zero-order valence-electron chi connectivity index (χ0n) is 24.7. The molecule has 12 nitrogen and oxygen atoms in total. The Morgan fingerprint density at radius 3 is 1.70 bits per heavy atom. The molecule has 0 amide bonds. The summed E-state index contributed by atoms with van der Waals surface area (Å²) in [5, 5.41) is 48.8. The van der Waals surface area contributed by atoms with Gasteiger partial charge in [-0.15, -0.1) is 0 Å². The molecule has 6 aromatic rings. The SMILES string of the molecule is Cn1nc(/C=C/c2ccccc2)c2ccc([N+](=O)[O-])cc21.Cn1nc(I)c2ccc([N+](=O)[O-])cc21.OB(O)/C=C/c1ccccc1. The van der Waals surface area contributed by atoms with Gasteiger partial charge < -0.3 is 10.0 Å². The summed E-state index contributed by atoms with van der Waals surface area (Å²) < 4.78 is 4.16. The van der Waals surface area contributed by atoms with Crippen LogP contribution in [0.5, 0.6) is 0 Å². The molecule has 2 N–H and O–H groups in total. The fraction of sp³-hybridized carbons (Fsp3) is 0.0625. The quantitative estimate of drug-likeness (QED) is 0.0856. The predicted molar refractivity (Wildman–Crippen MR) is 188 cm³/mol. The topological polar surface area (TPSA) is 162 Å². The summed E-state index contributed by atoms with van der Waals surface area (Å²) in [5.74, 6) is 1.31. The minimum Gasteiger partial charge on any atom is -0.424 e. The third kappa shape index (κ3) is 8.94. The van der Waals surface area contributed by atoms with Gasteiger partial charge in [0.2, 0.25) is 0 Å². The summed E-state index contributed by atoms with van der Waals surface area (Å²) in [6, 6.07) is 28.9. The van der Waals surface area contributed by atoms with Gasteiger partial charge in [0.05, 0.1) is 26.6 Å². The Bertz CT molecular complexity index is 2030. The number of hydrogen-bond donors (Lipinski definition) is 2. The molecule has 0 aliphatic heterocycles. The second-order valence-corrected chi connectivity index (χ2v) is 10.8. The Hall–Kier alpha value is -5.19. The van der Waals surface area contributed by atoms with E-state index in [1.54, 1.807) is 47.7 Å². The van der Waals surface area contributed by atoms with Crippen LogP contribution in [0.15, 0.2) is 103 Å². The second kappa shape index (κ2) is 15.7. The smallest absolute Gasteiger partial charge is 0.424 e. The van der Waals surface area contributed by atoms with Gasteiger partial charge >= 0.3 is 7.12 Å². The molecule has 0 aliphatic rings. The molecule has 232 valence electrons. The number of rotatable bonds is 6. The minimum absolute atomic E-state index is 0.0732. The third-order valence-electron chi connectivity index (χ3n) is 6.57. The maximum atomic E-state index is 10.8. The van der Waals surface area contributed by atoms with E-state index >= 15 is 0 Å². The van der Waals surface area contributed by atoms with Crippen LogP contribution in [0.4, 0.5) is 11.4 Å². The number of aryl methyl sites for hydroxylation is 2. The number of fused-ring (bicyclic) bond motifs is 2.